The van der Waals surface area contributed by atoms with Gasteiger partial charge in [0.2, 0.25) is 23.0 Å². The Morgan fingerprint density at radius 2 is 1.91 bits per heavy atom. The number of primary amides is 1. The summed E-state index contributed by atoms with van der Waals surface area (Å²) < 4.78 is 5.23. The van der Waals surface area contributed by atoms with Crippen molar-refractivity contribution in [2.45, 2.75) is 37.4 Å². The number of carbonyl (C=O) groups excluding carboxylic acids is 3. The van der Waals surface area contributed by atoms with Gasteiger partial charge in [0.05, 0.1) is 5.56 Å². The van der Waals surface area contributed by atoms with Crippen molar-refractivity contribution < 1.29 is 53.5 Å². The number of carbonyl (C=O) groups is 6. The van der Waals surface area contributed by atoms with Crippen LogP contribution in [-0.4, -0.2) is 93.7 Å². The largest absolute Gasteiger partial charge is 0.478 e. The molecule has 1 saturated heterocycles. The second-order valence-corrected chi connectivity index (χ2v) is 11.4. The van der Waals surface area contributed by atoms with E-state index in [-0.39, 0.29) is 45.7 Å². The first kappa shape index (κ1) is 30.8. The number of carboxylic acids is 3. The molecule has 0 spiro atoms. The average Bonchev–Trinajstić information content (AvgIpc) is 3.36. The number of aromatic carboxylic acids is 1. The van der Waals surface area contributed by atoms with E-state index in [0.717, 1.165) is 34.4 Å². The van der Waals surface area contributed by atoms with E-state index in [9.17, 15) is 44.1 Å². The van der Waals surface area contributed by atoms with Gasteiger partial charge in [0.25, 0.3) is 11.8 Å². The highest BCUT2D eigenvalue weighted by atomic mass is 32.2. The Morgan fingerprint density at radius 3 is 2.47 bits per heavy atom. The highest BCUT2D eigenvalue weighted by Crippen LogP contribution is 2.40. The Morgan fingerprint density at radius 1 is 1.21 bits per heavy atom. The molecule has 2 aromatic rings. The monoisotopic (exact) mass is 635 g/mol. The van der Waals surface area contributed by atoms with Gasteiger partial charge >= 0.3 is 17.9 Å². The molecule has 1 fully saturated rings. The topological polar surface area (TPSA) is 282 Å². The van der Waals surface area contributed by atoms with E-state index >= 15 is 0 Å². The van der Waals surface area contributed by atoms with Gasteiger partial charge < -0.3 is 36.9 Å². The van der Waals surface area contributed by atoms with E-state index < -0.39 is 58.4 Å². The van der Waals surface area contributed by atoms with Crippen LogP contribution in [-0.2, 0) is 30.6 Å². The zero-order chi connectivity index (χ0) is 31.8. The number of β-lactam (4-membered cyclic amide) rings is 1. The molecular formula is C23H23N8O10S2+. The fourth-order valence-corrected chi connectivity index (χ4v) is 5.74. The maximum Gasteiger partial charge on any atom is 0.352 e. The lowest BCUT2D eigenvalue weighted by Crippen LogP contribution is -2.71. The highest BCUT2D eigenvalue weighted by Gasteiger charge is 2.55. The van der Waals surface area contributed by atoms with Crippen LogP contribution in [0.4, 0.5) is 5.13 Å². The average molecular weight is 636 g/mol. The number of nitrogen functional groups attached to an aromatic ring is 1. The van der Waals surface area contributed by atoms with Crippen molar-refractivity contribution in [1.29, 1.82) is 0 Å². The summed E-state index contributed by atoms with van der Waals surface area (Å²) in [5.41, 5.74) is 7.71. The number of oxime groups is 1. The van der Waals surface area contributed by atoms with Crippen molar-refractivity contribution in [3.63, 3.8) is 0 Å². The fourth-order valence-electron chi connectivity index (χ4n) is 3.97. The Kier molecular flexibility index (Phi) is 8.35. The molecule has 2 aromatic heterocycles. The van der Waals surface area contributed by atoms with E-state index in [0.29, 0.717) is 0 Å². The van der Waals surface area contributed by atoms with Crippen molar-refractivity contribution in [2.24, 2.45) is 10.9 Å². The third-order valence-corrected chi connectivity index (χ3v) is 8.05. The summed E-state index contributed by atoms with van der Waals surface area (Å²) in [4.78, 5) is 83.0. The number of hydrogen-bond donors (Lipinski definition) is 6. The maximum absolute atomic E-state index is 13.2. The predicted molar refractivity (Wildman–Crippen MR) is 145 cm³/mol. The number of fused-ring (bicyclic) bond motifs is 1. The lowest BCUT2D eigenvalue weighted by molar-refractivity contribution is -0.689. The molecule has 18 nitrogen and oxygen atoms in total. The first-order valence-electron chi connectivity index (χ1n) is 12.0. The van der Waals surface area contributed by atoms with Gasteiger partial charge in [-0.2, -0.15) is 9.36 Å². The molecule has 226 valence electrons. The Balaban J connectivity index is 1.58. The summed E-state index contributed by atoms with van der Waals surface area (Å²) in [6, 6.07) is -0.0138. The fraction of sp³-hybridized carbons (Fsp3) is 0.304. The summed E-state index contributed by atoms with van der Waals surface area (Å²) in [7, 11) is 0. The number of pyridine rings is 1. The summed E-state index contributed by atoms with van der Waals surface area (Å²) >= 11 is 1.87. The van der Waals surface area contributed by atoms with Crippen LogP contribution in [0.2, 0.25) is 0 Å². The van der Waals surface area contributed by atoms with E-state index in [2.05, 4.69) is 19.8 Å². The maximum atomic E-state index is 13.2. The van der Waals surface area contributed by atoms with Crippen LogP contribution in [0.5, 0.6) is 0 Å². The zero-order valence-corrected chi connectivity index (χ0v) is 23.8. The standard InChI is InChI=1S/C23H22N8O10S2/c1-23(2,21(39)40)41-28-11(15-27-22(25)43-29-15)16(33)26-12-17(34)31-13(20(37)38)8(7-42-18(12)31)5-30-4-3-9(14(24)32)10(6-30)19(35)36/h3-4,6,12,18H,5,7H2,1-2H3,(H7-,24,25,26,27,29,32,33,35,36,37,38,39,40)/p+1/b28-11-/t12-,18-/m1/s1. The minimum absolute atomic E-state index is 0.0249. The van der Waals surface area contributed by atoms with Crippen LogP contribution in [0.1, 0.15) is 40.4 Å². The van der Waals surface area contributed by atoms with Crippen molar-refractivity contribution >= 4 is 69.8 Å². The summed E-state index contributed by atoms with van der Waals surface area (Å²) in [5.74, 6) is -7.15. The SMILES string of the molecule is CC(C)(O/N=C(\C(=O)N[C@@H]1C(=O)N2C(C(=O)O)=C(C[n+]3ccc(C(N)=O)c(C(=O)O)c3)CS[C@H]12)c1nsc(N)n1)C(=O)O. The Labute approximate surface area is 249 Å². The number of nitrogens with zero attached hydrogens (tertiary/aromatic N) is 5. The number of rotatable bonds is 11. The van der Waals surface area contributed by atoms with Crippen molar-refractivity contribution in [3.8, 4) is 0 Å². The normalized spacial score (nSPS) is 18.4. The van der Waals surface area contributed by atoms with Gasteiger partial charge in [0.1, 0.15) is 22.7 Å². The van der Waals surface area contributed by atoms with E-state index in [1.165, 1.54) is 30.7 Å². The molecule has 2 atom stereocenters. The summed E-state index contributed by atoms with van der Waals surface area (Å²) in [6.07, 6.45) is 2.48. The van der Waals surface area contributed by atoms with Gasteiger partial charge in [0, 0.05) is 28.9 Å². The van der Waals surface area contributed by atoms with Crippen molar-refractivity contribution in [1.82, 2.24) is 19.6 Å². The lowest BCUT2D eigenvalue weighted by atomic mass is 10.0. The van der Waals surface area contributed by atoms with E-state index in [1.807, 2.05) is 0 Å². The second-order valence-electron chi connectivity index (χ2n) is 9.54. The third kappa shape index (κ3) is 6.09. The lowest BCUT2D eigenvalue weighted by Gasteiger charge is -2.49. The molecule has 8 N–H and O–H groups in total. The molecule has 2 aliphatic rings. The smallest absolute Gasteiger partial charge is 0.352 e. The minimum atomic E-state index is -1.84. The molecule has 0 bridgehead atoms. The molecule has 0 unspecified atom stereocenters. The van der Waals surface area contributed by atoms with Crippen LogP contribution < -0.4 is 21.4 Å². The van der Waals surface area contributed by atoms with Crippen molar-refractivity contribution in [3.05, 3.63) is 46.7 Å². The molecule has 3 amide bonds. The Hall–Kier alpha value is -5.11. The molecular weight excluding hydrogens is 612 g/mol. The highest BCUT2D eigenvalue weighted by molar-refractivity contribution is 8.00. The summed E-state index contributed by atoms with van der Waals surface area (Å²) in [5, 5.41) is 33.9. The molecule has 0 saturated carbocycles. The zero-order valence-electron chi connectivity index (χ0n) is 22.2. The van der Waals surface area contributed by atoms with Crippen LogP contribution in [0, 0.1) is 0 Å². The molecule has 4 rings (SSSR count). The third-order valence-electron chi connectivity index (χ3n) is 6.17. The Bertz CT molecular complexity index is 1640. The van der Waals surface area contributed by atoms with Crippen LogP contribution in [0.15, 0.2) is 34.9 Å². The predicted octanol–water partition coefficient (Wildman–Crippen LogP) is -1.77. The van der Waals surface area contributed by atoms with Crippen LogP contribution in [0.25, 0.3) is 0 Å². The molecule has 20 heteroatoms. The number of aliphatic carboxylic acids is 2. The molecule has 0 aliphatic carbocycles. The van der Waals surface area contributed by atoms with Crippen molar-refractivity contribution in [2.75, 3.05) is 11.5 Å². The number of thioether (sulfide) groups is 1. The van der Waals surface area contributed by atoms with Gasteiger partial charge in [0.15, 0.2) is 24.1 Å². The minimum Gasteiger partial charge on any atom is -0.478 e. The van der Waals surface area contributed by atoms with E-state index in [4.69, 9.17) is 16.3 Å². The van der Waals surface area contributed by atoms with Gasteiger partial charge in [-0.15, -0.1) is 11.8 Å². The number of amides is 3. The number of aromatic nitrogens is 3. The number of carboxylic acid groups (broad SMARTS) is 3. The molecule has 43 heavy (non-hydrogen) atoms. The molecule has 2 aliphatic heterocycles. The summed E-state index contributed by atoms with van der Waals surface area (Å²) in [6.45, 7) is 2.24. The number of hydrogen-bond acceptors (Lipinski definition) is 13. The number of nitrogens with two attached hydrogens (primary N) is 2. The van der Waals surface area contributed by atoms with Gasteiger partial charge in [-0.1, -0.05) is 5.16 Å². The first-order chi connectivity index (χ1) is 20.1. The second kappa shape index (κ2) is 11.6. The number of anilines is 1. The van der Waals surface area contributed by atoms with Gasteiger partial charge in [-0.05, 0) is 13.8 Å². The van der Waals surface area contributed by atoms with Crippen LogP contribution in [0.3, 0.4) is 0 Å². The van der Waals surface area contributed by atoms with E-state index in [1.54, 1.807) is 0 Å². The molecule has 0 radical (unpaired) electrons. The molecule has 0 aromatic carbocycles. The first-order valence-corrected chi connectivity index (χ1v) is 13.8. The molecule has 4 heterocycles. The number of nitrogens with one attached hydrogen (secondary N) is 1. The van der Waals surface area contributed by atoms with Gasteiger partial charge in [-0.3, -0.25) is 19.3 Å². The van der Waals surface area contributed by atoms with Crippen LogP contribution >= 0.6 is 23.3 Å². The van der Waals surface area contributed by atoms with Gasteiger partial charge in [-0.25, -0.2) is 19.0 Å². The quantitative estimate of drug-likeness (QED) is 0.0690.